The van der Waals surface area contributed by atoms with Gasteiger partial charge in [0.15, 0.2) is 0 Å². The number of carbonyl (C=O) groups is 2. The van der Waals surface area contributed by atoms with Crippen LogP contribution < -0.4 is 10.6 Å². The first-order valence-electron chi connectivity index (χ1n) is 4.90. The molecule has 0 spiro atoms. The minimum atomic E-state index is -0.785. The molecule has 1 rings (SSSR count). The molecule has 1 amide bonds. The summed E-state index contributed by atoms with van der Waals surface area (Å²) in [6.45, 7) is 0.130. The maximum absolute atomic E-state index is 13.3. The molecule has 0 radical (unpaired) electrons. The molecule has 0 aliphatic heterocycles. The van der Waals surface area contributed by atoms with Gasteiger partial charge < -0.3 is 15.4 Å². The van der Waals surface area contributed by atoms with Crippen molar-refractivity contribution in [1.29, 1.82) is 0 Å². The first-order valence-corrected chi connectivity index (χ1v) is 4.90. The van der Waals surface area contributed by atoms with Crippen LogP contribution in [0.5, 0.6) is 0 Å². The Kier molecular flexibility index (Phi) is 4.59. The number of hydrogen-bond acceptors (Lipinski definition) is 4. The summed E-state index contributed by atoms with van der Waals surface area (Å²) in [4.78, 5) is 22.5. The van der Waals surface area contributed by atoms with Gasteiger partial charge in [0.25, 0.3) is 0 Å². The predicted octanol–water partition coefficient (Wildman–Crippen LogP) is 0.770. The topological polar surface area (TPSA) is 67.4 Å². The highest BCUT2D eigenvalue weighted by atomic mass is 19.1. The summed E-state index contributed by atoms with van der Waals surface area (Å²) in [5.74, 6) is -1.76. The molecule has 0 heterocycles. The molecular formula is C11H13FN2O3. The third-order valence-electron chi connectivity index (χ3n) is 1.99. The van der Waals surface area contributed by atoms with Crippen molar-refractivity contribution in [2.75, 3.05) is 26.0 Å². The minimum Gasteiger partial charge on any atom is -0.465 e. The van der Waals surface area contributed by atoms with E-state index in [4.69, 9.17) is 0 Å². The van der Waals surface area contributed by atoms with E-state index in [9.17, 15) is 14.0 Å². The van der Waals surface area contributed by atoms with E-state index < -0.39 is 11.8 Å². The van der Waals surface area contributed by atoms with Gasteiger partial charge in [0.1, 0.15) is 5.82 Å². The molecule has 0 atom stereocenters. The Bertz CT molecular complexity index is 435. The molecule has 1 aromatic carbocycles. The summed E-state index contributed by atoms with van der Waals surface area (Å²) in [5, 5.41) is 5.18. The van der Waals surface area contributed by atoms with Gasteiger partial charge in [-0.05, 0) is 25.2 Å². The molecule has 0 unspecified atom stereocenters. The Hall–Kier alpha value is -1.95. The quantitative estimate of drug-likeness (QED) is 0.763. The maximum atomic E-state index is 13.3. The van der Waals surface area contributed by atoms with Crippen molar-refractivity contribution >= 4 is 17.6 Å². The van der Waals surface area contributed by atoms with Gasteiger partial charge in [-0.2, -0.15) is 0 Å². The fraction of sp³-hybridized carbons (Fsp3) is 0.273. The number of anilines is 1. The average Bonchev–Trinajstić information content (AvgIpc) is 2.31. The van der Waals surface area contributed by atoms with Gasteiger partial charge in [-0.15, -0.1) is 0 Å². The molecule has 1 aromatic rings. The van der Waals surface area contributed by atoms with Gasteiger partial charge in [0.05, 0.1) is 19.2 Å². The normalized spacial score (nSPS) is 9.82. The number of benzene rings is 1. The molecule has 6 heteroatoms. The van der Waals surface area contributed by atoms with Crippen LogP contribution in [0, 0.1) is 5.82 Å². The van der Waals surface area contributed by atoms with Crippen LogP contribution in [0.15, 0.2) is 18.2 Å². The maximum Gasteiger partial charge on any atom is 0.340 e. The fourth-order valence-corrected chi connectivity index (χ4v) is 1.24. The zero-order valence-corrected chi connectivity index (χ0v) is 9.54. The van der Waals surface area contributed by atoms with Crippen LogP contribution in [-0.4, -0.2) is 32.6 Å². The van der Waals surface area contributed by atoms with Gasteiger partial charge in [-0.3, -0.25) is 4.79 Å². The molecule has 0 saturated carbocycles. The van der Waals surface area contributed by atoms with Crippen molar-refractivity contribution in [2.45, 2.75) is 0 Å². The number of methoxy groups -OCH3 is 1. The molecule has 0 aliphatic carbocycles. The molecule has 0 bridgehead atoms. The highest BCUT2D eigenvalue weighted by molar-refractivity contribution is 5.95. The number of esters is 1. The number of rotatable bonds is 4. The number of amides is 1. The van der Waals surface area contributed by atoms with E-state index in [0.717, 1.165) is 13.2 Å². The number of halogens is 1. The summed E-state index contributed by atoms with van der Waals surface area (Å²) in [6, 6.07) is 3.70. The lowest BCUT2D eigenvalue weighted by Crippen LogP contribution is -2.25. The fourth-order valence-electron chi connectivity index (χ4n) is 1.24. The van der Waals surface area contributed by atoms with Gasteiger partial charge in [-0.1, -0.05) is 0 Å². The summed E-state index contributed by atoms with van der Waals surface area (Å²) in [7, 11) is 2.79. The number of ether oxygens (including phenoxy) is 1. The van der Waals surface area contributed by atoms with Crippen molar-refractivity contribution < 1.29 is 18.7 Å². The molecule has 0 fully saturated rings. The SMILES string of the molecule is CNCC(=O)Nc1ccc(F)c(C(=O)OC)c1. The molecule has 0 aliphatic rings. The number of carbonyl (C=O) groups excluding carboxylic acids is 2. The average molecular weight is 240 g/mol. The lowest BCUT2D eigenvalue weighted by Gasteiger charge is -2.07. The summed E-state index contributed by atoms with van der Waals surface area (Å²) >= 11 is 0. The molecule has 0 aromatic heterocycles. The van der Waals surface area contributed by atoms with Crippen LogP contribution >= 0.6 is 0 Å². The van der Waals surface area contributed by atoms with E-state index >= 15 is 0 Å². The van der Waals surface area contributed by atoms with E-state index in [2.05, 4.69) is 15.4 Å². The van der Waals surface area contributed by atoms with Crippen molar-refractivity contribution in [2.24, 2.45) is 0 Å². The van der Waals surface area contributed by atoms with E-state index in [-0.39, 0.29) is 18.0 Å². The molecule has 92 valence electrons. The van der Waals surface area contributed by atoms with E-state index in [1.54, 1.807) is 7.05 Å². The molecule has 17 heavy (non-hydrogen) atoms. The second-order valence-corrected chi connectivity index (χ2v) is 3.26. The summed E-state index contributed by atoms with van der Waals surface area (Å²) < 4.78 is 17.7. The standard InChI is InChI=1S/C11H13FN2O3/c1-13-6-10(15)14-7-3-4-9(12)8(5-7)11(16)17-2/h3-5,13H,6H2,1-2H3,(H,14,15). The number of hydrogen-bond donors (Lipinski definition) is 2. The summed E-state index contributed by atoms with van der Waals surface area (Å²) in [5.41, 5.74) is 0.127. The third kappa shape index (κ3) is 3.53. The van der Waals surface area contributed by atoms with E-state index in [0.29, 0.717) is 5.69 Å². The van der Waals surface area contributed by atoms with Crippen molar-refractivity contribution in [1.82, 2.24) is 5.32 Å². The number of nitrogens with one attached hydrogen (secondary N) is 2. The van der Waals surface area contributed by atoms with Crippen molar-refractivity contribution in [3.8, 4) is 0 Å². The lowest BCUT2D eigenvalue weighted by atomic mass is 10.2. The van der Waals surface area contributed by atoms with E-state index in [1.165, 1.54) is 12.1 Å². The van der Waals surface area contributed by atoms with Gasteiger partial charge in [0.2, 0.25) is 5.91 Å². The monoisotopic (exact) mass is 240 g/mol. The van der Waals surface area contributed by atoms with Crippen LogP contribution in [0.1, 0.15) is 10.4 Å². The zero-order chi connectivity index (χ0) is 12.8. The molecular weight excluding hydrogens is 227 g/mol. The number of likely N-dealkylation sites (N-methyl/N-ethyl adjacent to an activating group) is 1. The van der Waals surface area contributed by atoms with Gasteiger partial charge in [0, 0.05) is 5.69 Å². The largest absolute Gasteiger partial charge is 0.465 e. The molecule has 0 saturated heterocycles. The first-order chi connectivity index (χ1) is 8.08. The smallest absolute Gasteiger partial charge is 0.340 e. The van der Waals surface area contributed by atoms with Crippen molar-refractivity contribution in [3.05, 3.63) is 29.6 Å². The Balaban J connectivity index is 2.89. The van der Waals surface area contributed by atoms with Gasteiger partial charge in [-0.25, -0.2) is 9.18 Å². The third-order valence-corrected chi connectivity index (χ3v) is 1.99. The molecule has 5 nitrogen and oxygen atoms in total. The minimum absolute atomic E-state index is 0.130. The van der Waals surface area contributed by atoms with Crippen LogP contribution in [0.2, 0.25) is 0 Å². The highest BCUT2D eigenvalue weighted by Gasteiger charge is 2.13. The first kappa shape index (κ1) is 13.1. The summed E-state index contributed by atoms with van der Waals surface area (Å²) in [6.07, 6.45) is 0. The Labute approximate surface area is 98.0 Å². The predicted molar refractivity (Wildman–Crippen MR) is 60.3 cm³/mol. The van der Waals surface area contributed by atoms with Crippen molar-refractivity contribution in [3.63, 3.8) is 0 Å². The van der Waals surface area contributed by atoms with Crippen LogP contribution in [0.4, 0.5) is 10.1 Å². The Morgan fingerprint density at radius 2 is 2.12 bits per heavy atom. The zero-order valence-electron chi connectivity index (χ0n) is 9.54. The van der Waals surface area contributed by atoms with E-state index in [1.807, 2.05) is 0 Å². The van der Waals surface area contributed by atoms with Crippen LogP contribution in [-0.2, 0) is 9.53 Å². The highest BCUT2D eigenvalue weighted by Crippen LogP contribution is 2.15. The lowest BCUT2D eigenvalue weighted by molar-refractivity contribution is -0.115. The van der Waals surface area contributed by atoms with Crippen LogP contribution in [0.3, 0.4) is 0 Å². The van der Waals surface area contributed by atoms with Crippen LogP contribution in [0.25, 0.3) is 0 Å². The Morgan fingerprint density at radius 3 is 2.71 bits per heavy atom. The van der Waals surface area contributed by atoms with Gasteiger partial charge >= 0.3 is 5.97 Å². The molecule has 2 N–H and O–H groups in total. The second-order valence-electron chi connectivity index (χ2n) is 3.26. The second kappa shape index (κ2) is 5.95. The Morgan fingerprint density at radius 1 is 1.41 bits per heavy atom.